The lowest BCUT2D eigenvalue weighted by Crippen LogP contribution is -2.02. The Balaban J connectivity index is 0.960. The molecule has 0 bridgehead atoms. The number of rotatable bonds is 37. The van der Waals surface area contributed by atoms with Crippen LogP contribution in [0.15, 0.2) is 97.1 Å². The molecule has 0 heterocycles. The van der Waals surface area contributed by atoms with Gasteiger partial charge >= 0.3 is 0 Å². The highest BCUT2D eigenvalue weighted by atomic mass is 14.5. The highest BCUT2D eigenvalue weighted by Gasteiger charge is 2.16. The van der Waals surface area contributed by atoms with Crippen molar-refractivity contribution < 1.29 is 0 Å². The summed E-state index contributed by atoms with van der Waals surface area (Å²) in [4.78, 5) is 0. The fraction of sp³-hybridized carbons (Fsp3) is 0.600. The zero-order valence-electron chi connectivity index (χ0n) is 40.2. The van der Waals surface area contributed by atoms with Gasteiger partial charge in [0, 0.05) is 23.2 Å². The van der Waals surface area contributed by atoms with Crippen LogP contribution >= 0.6 is 0 Å². The van der Waals surface area contributed by atoms with Crippen LogP contribution in [0.2, 0.25) is 0 Å². The summed E-state index contributed by atoms with van der Waals surface area (Å²) < 4.78 is 0. The van der Waals surface area contributed by atoms with Crippen LogP contribution in [0.3, 0.4) is 0 Å². The molecule has 0 aliphatic heterocycles. The predicted octanol–water partition coefficient (Wildman–Crippen LogP) is 18.6. The number of benzene rings is 4. The van der Waals surface area contributed by atoms with Crippen LogP contribution in [0.5, 0.6) is 0 Å². The minimum Gasteiger partial charge on any atom is -0.399 e. The number of unbranched alkanes of at least 4 members (excludes halogenated alkanes) is 25. The molecule has 0 aliphatic rings. The second-order valence-corrected chi connectivity index (χ2v) is 19.2. The molecular weight excluding hydrogens is 749 g/mol. The van der Waals surface area contributed by atoms with Crippen LogP contribution in [0.4, 0.5) is 11.4 Å². The zero-order chi connectivity index (χ0) is 43.7. The summed E-state index contributed by atoms with van der Waals surface area (Å²) in [5.41, 5.74) is 22.5. The van der Waals surface area contributed by atoms with E-state index in [4.69, 9.17) is 11.5 Å². The van der Waals surface area contributed by atoms with Gasteiger partial charge in [-0.2, -0.15) is 0 Å². The fourth-order valence-corrected chi connectivity index (χ4v) is 9.73. The van der Waals surface area contributed by atoms with E-state index >= 15 is 0 Å². The molecule has 0 spiro atoms. The van der Waals surface area contributed by atoms with E-state index in [9.17, 15) is 0 Å². The van der Waals surface area contributed by atoms with Crippen molar-refractivity contribution in [2.75, 3.05) is 11.5 Å². The molecule has 4 aromatic rings. The Kier molecular flexibility index (Phi) is 27.3. The van der Waals surface area contributed by atoms with E-state index in [1.807, 2.05) is 0 Å². The van der Waals surface area contributed by atoms with Crippen molar-refractivity contribution in [3.63, 3.8) is 0 Å². The summed E-state index contributed by atoms with van der Waals surface area (Å²) >= 11 is 0. The second-order valence-electron chi connectivity index (χ2n) is 19.2. The number of anilines is 2. The lowest BCUT2D eigenvalue weighted by atomic mass is 9.86. The molecular formula is C60H92N2. The topological polar surface area (TPSA) is 52.0 Å². The lowest BCUT2D eigenvalue weighted by molar-refractivity contribution is 0.528. The van der Waals surface area contributed by atoms with Gasteiger partial charge in [-0.3, -0.25) is 0 Å². The normalized spacial score (nSPS) is 12.5. The van der Waals surface area contributed by atoms with Gasteiger partial charge in [-0.1, -0.05) is 254 Å². The Morgan fingerprint density at radius 3 is 0.774 bits per heavy atom. The molecule has 0 saturated heterocycles. The third-order valence-electron chi connectivity index (χ3n) is 13.8. The first-order chi connectivity index (χ1) is 30.6. The van der Waals surface area contributed by atoms with Crippen LogP contribution in [0.25, 0.3) is 0 Å². The van der Waals surface area contributed by atoms with Gasteiger partial charge in [-0.15, -0.1) is 0 Å². The van der Waals surface area contributed by atoms with Crippen molar-refractivity contribution in [3.8, 4) is 0 Å². The average Bonchev–Trinajstić information content (AvgIpc) is 3.29. The Hall–Kier alpha value is -3.52. The SMILES string of the molecule is CCCCCCCCC(c1ccc(N)cc1)c1ccc(CCCCCCCCCCCCCCCCCCc2ccc(C(CCCCCCCC)c3ccc(N)cc3)cc2)cc1. The molecule has 2 unspecified atom stereocenters. The van der Waals surface area contributed by atoms with E-state index in [0.717, 1.165) is 11.4 Å². The van der Waals surface area contributed by atoms with Crippen molar-refractivity contribution in [3.05, 3.63) is 130 Å². The maximum absolute atomic E-state index is 6.03. The molecule has 4 aromatic carbocycles. The molecule has 0 aromatic heterocycles. The standard InChI is InChI=1S/C60H92N2/c1-3-5-7-9-25-29-33-59(55-43-47-57(61)48-44-55)53-39-35-51(36-40-53)31-27-23-21-19-17-15-13-11-12-14-16-18-20-22-24-28-32-52-37-41-54(42-38-52)60(34-30-26-10-8-6-4-2)56-45-49-58(62)50-46-56/h35-50,59-60H,3-34,61-62H2,1-2H3. The number of nitrogens with two attached hydrogens (primary N) is 2. The van der Waals surface area contributed by atoms with Gasteiger partial charge in [0.25, 0.3) is 0 Å². The molecule has 2 atom stereocenters. The highest BCUT2D eigenvalue weighted by molar-refractivity contribution is 5.44. The quantitative estimate of drug-likeness (QED) is 0.0351. The van der Waals surface area contributed by atoms with Gasteiger partial charge < -0.3 is 11.5 Å². The Bertz CT molecular complexity index is 1500. The number of hydrogen-bond acceptors (Lipinski definition) is 2. The monoisotopic (exact) mass is 841 g/mol. The lowest BCUT2D eigenvalue weighted by Gasteiger charge is -2.19. The molecule has 342 valence electrons. The molecule has 0 radical (unpaired) electrons. The maximum atomic E-state index is 6.03. The van der Waals surface area contributed by atoms with Crippen molar-refractivity contribution in [2.45, 2.75) is 231 Å². The Morgan fingerprint density at radius 1 is 0.274 bits per heavy atom. The average molecular weight is 841 g/mol. The molecule has 0 amide bonds. The largest absolute Gasteiger partial charge is 0.399 e. The minimum absolute atomic E-state index is 0.471. The summed E-state index contributed by atoms with van der Waals surface area (Å²) in [7, 11) is 0. The van der Waals surface area contributed by atoms with E-state index in [-0.39, 0.29) is 0 Å². The van der Waals surface area contributed by atoms with Crippen LogP contribution in [0.1, 0.15) is 252 Å². The fourth-order valence-electron chi connectivity index (χ4n) is 9.73. The summed E-state index contributed by atoms with van der Waals surface area (Å²) in [6, 6.07) is 36.5. The predicted molar refractivity (Wildman–Crippen MR) is 276 cm³/mol. The first-order valence-corrected chi connectivity index (χ1v) is 26.5. The van der Waals surface area contributed by atoms with Crippen molar-refractivity contribution in [2.24, 2.45) is 0 Å². The first kappa shape index (κ1) is 51.1. The summed E-state index contributed by atoms with van der Waals surface area (Å²) in [6.45, 7) is 4.59. The molecule has 0 fully saturated rings. The van der Waals surface area contributed by atoms with E-state index < -0.39 is 0 Å². The van der Waals surface area contributed by atoms with Gasteiger partial charge in [0.2, 0.25) is 0 Å². The third kappa shape index (κ3) is 21.7. The summed E-state index contributed by atoms with van der Waals surface area (Å²) in [6.07, 6.45) is 43.5. The van der Waals surface area contributed by atoms with E-state index in [2.05, 4.69) is 111 Å². The minimum atomic E-state index is 0.471. The molecule has 4 N–H and O–H groups in total. The van der Waals surface area contributed by atoms with Crippen molar-refractivity contribution >= 4 is 11.4 Å². The zero-order valence-corrected chi connectivity index (χ0v) is 40.2. The maximum Gasteiger partial charge on any atom is 0.0314 e. The number of hydrogen-bond donors (Lipinski definition) is 2. The third-order valence-corrected chi connectivity index (χ3v) is 13.8. The Labute approximate surface area is 382 Å². The van der Waals surface area contributed by atoms with E-state index in [1.165, 1.54) is 239 Å². The van der Waals surface area contributed by atoms with Crippen LogP contribution in [0, 0.1) is 0 Å². The van der Waals surface area contributed by atoms with E-state index in [1.54, 1.807) is 0 Å². The molecule has 0 aliphatic carbocycles. The first-order valence-electron chi connectivity index (χ1n) is 26.5. The molecule has 4 rings (SSSR count). The number of aryl methyl sites for hydroxylation is 2. The second kappa shape index (κ2) is 33.1. The van der Waals surface area contributed by atoms with Gasteiger partial charge in [-0.05, 0) is 96.2 Å². The highest BCUT2D eigenvalue weighted by Crippen LogP contribution is 2.33. The van der Waals surface area contributed by atoms with Crippen molar-refractivity contribution in [1.82, 2.24) is 0 Å². The summed E-state index contributed by atoms with van der Waals surface area (Å²) in [5.74, 6) is 0.942. The van der Waals surface area contributed by atoms with Gasteiger partial charge in [-0.25, -0.2) is 0 Å². The molecule has 2 heteroatoms. The number of nitrogen functional groups attached to an aromatic ring is 2. The summed E-state index contributed by atoms with van der Waals surface area (Å²) in [5, 5.41) is 0. The van der Waals surface area contributed by atoms with E-state index in [0.29, 0.717) is 11.8 Å². The van der Waals surface area contributed by atoms with Gasteiger partial charge in [0.05, 0.1) is 0 Å². The van der Waals surface area contributed by atoms with Crippen molar-refractivity contribution in [1.29, 1.82) is 0 Å². The van der Waals surface area contributed by atoms with Gasteiger partial charge in [0.15, 0.2) is 0 Å². The van der Waals surface area contributed by atoms with Gasteiger partial charge in [0.1, 0.15) is 0 Å². The van der Waals surface area contributed by atoms with Crippen LogP contribution in [-0.4, -0.2) is 0 Å². The molecule has 62 heavy (non-hydrogen) atoms. The smallest absolute Gasteiger partial charge is 0.0314 e. The molecule has 0 saturated carbocycles. The van der Waals surface area contributed by atoms with Crippen LogP contribution in [-0.2, 0) is 12.8 Å². The van der Waals surface area contributed by atoms with Crippen LogP contribution < -0.4 is 11.5 Å². The Morgan fingerprint density at radius 2 is 0.500 bits per heavy atom. The molecule has 2 nitrogen and oxygen atoms in total.